The van der Waals surface area contributed by atoms with E-state index >= 15 is 0 Å². The van der Waals surface area contributed by atoms with Gasteiger partial charge in [0.25, 0.3) is 0 Å². The van der Waals surface area contributed by atoms with Crippen molar-refractivity contribution < 1.29 is 13.5 Å². The van der Waals surface area contributed by atoms with Gasteiger partial charge in [0.2, 0.25) is 0 Å². The van der Waals surface area contributed by atoms with E-state index < -0.39 is 6.61 Å². The SMILES string of the molecule is CC(C)CCNCc1cc(Cl)ccc1OC(F)F. The van der Waals surface area contributed by atoms with E-state index in [0.29, 0.717) is 23.0 Å². The zero-order valence-corrected chi connectivity index (χ0v) is 11.3. The van der Waals surface area contributed by atoms with Gasteiger partial charge in [-0.25, -0.2) is 0 Å². The molecule has 0 unspecified atom stereocenters. The highest BCUT2D eigenvalue weighted by Crippen LogP contribution is 2.24. The molecule has 1 aromatic carbocycles. The van der Waals surface area contributed by atoms with Gasteiger partial charge in [-0.1, -0.05) is 25.4 Å². The highest BCUT2D eigenvalue weighted by atomic mass is 35.5. The lowest BCUT2D eigenvalue weighted by Crippen LogP contribution is -2.17. The Morgan fingerprint density at radius 1 is 1.33 bits per heavy atom. The molecule has 0 saturated heterocycles. The summed E-state index contributed by atoms with van der Waals surface area (Å²) in [6.07, 6.45) is 1.03. The molecule has 0 aliphatic carbocycles. The maximum atomic E-state index is 12.2. The van der Waals surface area contributed by atoms with Crippen molar-refractivity contribution in [2.45, 2.75) is 33.4 Å². The number of alkyl halides is 2. The fourth-order valence-electron chi connectivity index (χ4n) is 1.51. The number of nitrogens with one attached hydrogen (secondary N) is 1. The van der Waals surface area contributed by atoms with E-state index in [9.17, 15) is 8.78 Å². The molecule has 0 radical (unpaired) electrons. The van der Waals surface area contributed by atoms with Crippen LogP contribution in [-0.4, -0.2) is 13.2 Å². The number of rotatable bonds is 7. The molecule has 0 heterocycles. The molecule has 0 spiro atoms. The second-order valence-electron chi connectivity index (χ2n) is 4.49. The van der Waals surface area contributed by atoms with Gasteiger partial charge < -0.3 is 10.1 Å². The Kier molecular flexibility index (Phi) is 6.36. The van der Waals surface area contributed by atoms with Crippen molar-refractivity contribution in [2.75, 3.05) is 6.54 Å². The summed E-state index contributed by atoms with van der Waals surface area (Å²) in [5.74, 6) is 0.778. The van der Waals surface area contributed by atoms with E-state index in [4.69, 9.17) is 11.6 Å². The third-order valence-electron chi connectivity index (χ3n) is 2.45. The van der Waals surface area contributed by atoms with Crippen LogP contribution >= 0.6 is 11.6 Å². The van der Waals surface area contributed by atoms with Crippen LogP contribution in [0.2, 0.25) is 5.02 Å². The minimum atomic E-state index is -2.82. The average Bonchev–Trinajstić information content (AvgIpc) is 2.27. The third-order valence-corrected chi connectivity index (χ3v) is 2.69. The summed E-state index contributed by atoms with van der Waals surface area (Å²) >= 11 is 5.85. The van der Waals surface area contributed by atoms with Gasteiger partial charge in [0.05, 0.1) is 0 Å². The van der Waals surface area contributed by atoms with Crippen molar-refractivity contribution in [3.63, 3.8) is 0 Å². The molecule has 1 N–H and O–H groups in total. The molecule has 0 atom stereocenters. The predicted molar refractivity (Wildman–Crippen MR) is 69.2 cm³/mol. The third kappa shape index (κ3) is 5.65. The maximum Gasteiger partial charge on any atom is 0.387 e. The van der Waals surface area contributed by atoms with Crippen LogP contribution in [0.5, 0.6) is 5.75 Å². The quantitative estimate of drug-likeness (QED) is 0.759. The average molecular weight is 278 g/mol. The first-order chi connectivity index (χ1) is 8.49. The standard InChI is InChI=1S/C13H18ClF2NO/c1-9(2)5-6-17-8-10-7-11(14)3-4-12(10)18-13(15)16/h3-4,7,9,13,17H,5-6,8H2,1-2H3. The first-order valence-corrected chi connectivity index (χ1v) is 6.30. The second kappa shape index (κ2) is 7.54. The van der Waals surface area contributed by atoms with Gasteiger partial charge in [-0.3, -0.25) is 0 Å². The molecule has 0 aliphatic rings. The molecule has 0 amide bonds. The zero-order valence-electron chi connectivity index (χ0n) is 10.6. The molecule has 1 rings (SSSR count). The van der Waals surface area contributed by atoms with Gasteiger partial charge in [-0.2, -0.15) is 8.78 Å². The Hall–Kier alpha value is -0.870. The number of benzene rings is 1. The zero-order chi connectivity index (χ0) is 13.5. The second-order valence-corrected chi connectivity index (χ2v) is 4.93. The Morgan fingerprint density at radius 3 is 2.67 bits per heavy atom. The van der Waals surface area contributed by atoms with E-state index in [0.717, 1.165) is 13.0 Å². The summed E-state index contributed by atoms with van der Waals surface area (Å²) < 4.78 is 28.9. The van der Waals surface area contributed by atoms with Gasteiger partial charge >= 0.3 is 6.61 Å². The van der Waals surface area contributed by atoms with Crippen LogP contribution in [0.25, 0.3) is 0 Å². The molecule has 2 nitrogen and oxygen atoms in total. The van der Waals surface area contributed by atoms with E-state index in [1.807, 2.05) is 0 Å². The minimum Gasteiger partial charge on any atom is -0.434 e. The summed E-state index contributed by atoms with van der Waals surface area (Å²) in [6.45, 7) is 2.74. The van der Waals surface area contributed by atoms with Gasteiger partial charge in [0.15, 0.2) is 0 Å². The fraction of sp³-hybridized carbons (Fsp3) is 0.538. The Morgan fingerprint density at radius 2 is 2.06 bits per heavy atom. The predicted octanol–water partition coefficient (Wildman–Crippen LogP) is 4.08. The lowest BCUT2D eigenvalue weighted by atomic mass is 10.1. The van der Waals surface area contributed by atoms with Crippen LogP contribution in [0.4, 0.5) is 8.78 Å². The lowest BCUT2D eigenvalue weighted by Gasteiger charge is -2.12. The van der Waals surface area contributed by atoms with Crippen LogP contribution < -0.4 is 10.1 Å². The molecular weight excluding hydrogens is 260 g/mol. The fourth-order valence-corrected chi connectivity index (χ4v) is 1.71. The molecule has 0 saturated carbocycles. The smallest absolute Gasteiger partial charge is 0.387 e. The lowest BCUT2D eigenvalue weighted by molar-refractivity contribution is -0.0504. The van der Waals surface area contributed by atoms with Gasteiger partial charge in [0, 0.05) is 17.1 Å². The molecular formula is C13H18ClF2NO. The Bertz CT molecular complexity index is 372. The van der Waals surface area contributed by atoms with Crippen LogP contribution in [0.3, 0.4) is 0 Å². The normalized spacial score (nSPS) is 11.3. The summed E-state index contributed by atoms with van der Waals surface area (Å²) in [5, 5.41) is 3.70. The number of hydrogen-bond acceptors (Lipinski definition) is 2. The Labute approximate surface area is 111 Å². The van der Waals surface area contributed by atoms with Crippen molar-refractivity contribution in [3.8, 4) is 5.75 Å². The summed E-state index contributed by atoms with van der Waals surface area (Å²) in [4.78, 5) is 0. The van der Waals surface area contributed by atoms with Crippen LogP contribution in [-0.2, 0) is 6.54 Å². The van der Waals surface area contributed by atoms with E-state index in [1.54, 1.807) is 6.07 Å². The highest BCUT2D eigenvalue weighted by molar-refractivity contribution is 6.30. The maximum absolute atomic E-state index is 12.2. The number of halogens is 3. The monoisotopic (exact) mass is 277 g/mol. The van der Waals surface area contributed by atoms with Crippen molar-refractivity contribution in [1.82, 2.24) is 5.32 Å². The topological polar surface area (TPSA) is 21.3 Å². The van der Waals surface area contributed by atoms with Gasteiger partial charge in [0.1, 0.15) is 5.75 Å². The Balaban J connectivity index is 2.58. The molecule has 102 valence electrons. The summed E-state index contributed by atoms with van der Waals surface area (Å²) in [5.41, 5.74) is 0.645. The largest absolute Gasteiger partial charge is 0.434 e. The van der Waals surface area contributed by atoms with Crippen LogP contribution in [0.15, 0.2) is 18.2 Å². The molecule has 0 fully saturated rings. The summed E-state index contributed by atoms with van der Waals surface area (Å²) in [6, 6.07) is 4.65. The molecule has 0 aliphatic heterocycles. The van der Waals surface area contributed by atoms with E-state index in [2.05, 4.69) is 23.9 Å². The van der Waals surface area contributed by atoms with Crippen molar-refractivity contribution in [2.24, 2.45) is 5.92 Å². The van der Waals surface area contributed by atoms with Gasteiger partial charge in [-0.15, -0.1) is 0 Å². The summed E-state index contributed by atoms with van der Waals surface area (Å²) in [7, 11) is 0. The van der Waals surface area contributed by atoms with E-state index in [-0.39, 0.29) is 5.75 Å². The van der Waals surface area contributed by atoms with Gasteiger partial charge in [-0.05, 0) is 37.1 Å². The van der Waals surface area contributed by atoms with Crippen molar-refractivity contribution in [3.05, 3.63) is 28.8 Å². The molecule has 0 aromatic heterocycles. The molecule has 0 bridgehead atoms. The minimum absolute atomic E-state index is 0.173. The molecule has 5 heteroatoms. The van der Waals surface area contributed by atoms with Crippen LogP contribution in [0, 0.1) is 5.92 Å². The first-order valence-electron chi connectivity index (χ1n) is 5.93. The number of hydrogen-bond donors (Lipinski definition) is 1. The van der Waals surface area contributed by atoms with Crippen molar-refractivity contribution in [1.29, 1.82) is 0 Å². The van der Waals surface area contributed by atoms with E-state index in [1.165, 1.54) is 12.1 Å². The first kappa shape index (κ1) is 15.2. The van der Waals surface area contributed by atoms with Crippen molar-refractivity contribution >= 4 is 11.6 Å². The number of ether oxygens (including phenoxy) is 1. The highest BCUT2D eigenvalue weighted by Gasteiger charge is 2.10. The molecule has 1 aromatic rings. The molecule has 18 heavy (non-hydrogen) atoms. The van der Waals surface area contributed by atoms with Crippen LogP contribution in [0.1, 0.15) is 25.8 Å².